The van der Waals surface area contributed by atoms with Gasteiger partial charge in [0.1, 0.15) is 0 Å². The average Bonchev–Trinajstić information content (AvgIpc) is 2.30. The topological polar surface area (TPSA) is 61.4 Å². The van der Waals surface area contributed by atoms with Crippen LogP contribution in [0.5, 0.6) is 0 Å². The Kier molecular flexibility index (Phi) is 4.80. The summed E-state index contributed by atoms with van der Waals surface area (Å²) >= 11 is 0. The predicted molar refractivity (Wildman–Crippen MR) is 56.8 cm³/mol. The zero-order chi connectivity index (χ0) is 10.4. The van der Waals surface area contributed by atoms with Crippen molar-refractivity contribution >= 4 is 10.0 Å². The van der Waals surface area contributed by atoms with Crippen LogP contribution in [0.1, 0.15) is 6.42 Å². The molecule has 1 aliphatic rings. The van der Waals surface area contributed by atoms with Crippen LogP contribution in [0.4, 0.5) is 0 Å². The zero-order valence-electron chi connectivity index (χ0n) is 8.62. The van der Waals surface area contributed by atoms with Gasteiger partial charge < -0.3 is 10.2 Å². The first-order chi connectivity index (χ1) is 6.58. The fourth-order valence-corrected chi connectivity index (χ4v) is 1.98. The van der Waals surface area contributed by atoms with Crippen LogP contribution in [0.3, 0.4) is 0 Å². The van der Waals surface area contributed by atoms with E-state index in [2.05, 4.69) is 14.9 Å². The second kappa shape index (κ2) is 5.65. The first kappa shape index (κ1) is 11.9. The first-order valence-corrected chi connectivity index (χ1v) is 6.85. The molecule has 84 valence electrons. The van der Waals surface area contributed by atoms with Gasteiger partial charge >= 0.3 is 0 Å². The summed E-state index contributed by atoms with van der Waals surface area (Å²) < 4.78 is 24.1. The Morgan fingerprint density at radius 1 is 1.36 bits per heavy atom. The maximum absolute atomic E-state index is 10.8. The second-order valence-electron chi connectivity index (χ2n) is 3.61. The van der Waals surface area contributed by atoms with Gasteiger partial charge in [-0.05, 0) is 19.5 Å². The summed E-state index contributed by atoms with van der Waals surface area (Å²) in [5, 5.41) is 3.30. The Labute approximate surface area is 85.9 Å². The number of nitrogens with one attached hydrogen (secondary N) is 2. The molecular weight excluding hydrogens is 202 g/mol. The molecule has 2 N–H and O–H groups in total. The fourth-order valence-electron chi connectivity index (χ4n) is 1.51. The highest BCUT2D eigenvalue weighted by Gasteiger charge is 2.08. The summed E-state index contributed by atoms with van der Waals surface area (Å²) in [6.45, 7) is 5.44. The highest BCUT2D eigenvalue weighted by Crippen LogP contribution is 1.93. The van der Waals surface area contributed by atoms with Crippen molar-refractivity contribution in [1.82, 2.24) is 14.9 Å². The van der Waals surface area contributed by atoms with E-state index in [4.69, 9.17) is 0 Å². The lowest BCUT2D eigenvalue weighted by molar-refractivity contribution is 0.297. The molecule has 0 unspecified atom stereocenters. The lowest BCUT2D eigenvalue weighted by Gasteiger charge is -2.18. The van der Waals surface area contributed by atoms with Gasteiger partial charge in [-0.15, -0.1) is 0 Å². The molecule has 0 aliphatic carbocycles. The van der Waals surface area contributed by atoms with E-state index in [1.807, 2.05) is 0 Å². The fraction of sp³-hybridized carbons (Fsp3) is 1.00. The standard InChI is InChI=1S/C8H19N3O2S/c1-14(12,13)10-5-8-11-6-2-3-9-4-7-11/h9-10H,2-8H2,1H3. The minimum atomic E-state index is -3.03. The van der Waals surface area contributed by atoms with Gasteiger partial charge in [0.15, 0.2) is 0 Å². The van der Waals surface area contributed by atoms with Crippen LogP contribution < -0.4 is 10.0 Å². The van der Waals surface area contributed by atoms with Crippen LogP contribution in [0.2, 0.25) is 0 Å². The number of nitrogens with zero attached hydrogens (tertiary/aromatic N) is 1. The number of rotatable bonds is 4. The number of hydrogen-bond donors (Lipinski definition) is 2. The van der Waals surface area contributed by atoms with Gasteiger partial charge in [0, 0.05) is 26.2 Å². The van der Waals surface area contributed by atoms with Crippen LogP contribution >= 0.6 is 0 Å². The molecule has 1 saturated heterocycles. The van der Waals surface area contributed by atoms with E-state index in [0.29, 0.717) is 6.54 Å². The van der Waals surface area contributed by atoms with E-state index in [1.165, 1.54) is 6.26 Å². The summed E-state index contributed by atoms with van der Waals surface area (Å²) in [5.74, 6) is 0. The minimum Gasteiger partial charge on any atom is -0.315 e. The molecule has 1 rings (SSSR count). The Morgan fingerprint density at radius 3 is 2.86 bits per heavy atom. The summed E-state index contributed by atoms with van der Waals surface area (Å²) in [6.07, 6.45) is 2.33. The van der Waals surface area contributed by atoms with Gasteiger partial charge in [0.05, 0.1) is 6.26 Å². The zero-order valence-corrected chi connectivity index (χ0v) is 9.44. The van der Waals surface area contributed by atoms with E-state index in [9.17, 15) is 8.42 Å². The third-order valence-corrected chi connectivity index (χ3v) is 2.95. The molecule has 0 bridgehead atoms. The van der Waals surface area contributed by atoms with Gasteiger partial charge in [-0.3, -0.25) is 0 Å². The molecule has 6 heteroatoms. The molecule has 1 heterocycles. The van der Waals surface area contributed by atoms with E-state index < -0.39 is 10.0 Å². The van der Waals surface area contributed by atoms with E-state index >= 15 is 0 Å². The smallest absolute Gasteiger partial charge is 0.208 e. The predicted octanol–water partition coefficient (Wildman–Crippen LogP) is -1.17. The maximum atomic E-state index is 10.8. The summed E-state index contributed by atoms with van der Waals surface area (Å²) in [5.41, 5.74) is 0. The molecule has 0 spiro atoms. The van der Waals surface area contributed by atoms with Crippen molar-refractivity contribution in [3.05, 3.63) is 0 Å². The lowest BCUT2D eigenvalue weighted by atomic mass is 10.4. The molecule has 1 aliphatic heterocycles. The molecule has 0 atom stereocenters. The third-order valence-electron chi connectivity index (χ3n) is 2.22. The molecule has 0 aromatic carbocycles. The van der Waals surface area contributed by atoms with Crippen LogP contribution in [-0.2, 0) is 10.0 Å². The van der Waals surface area contributed by atoms with Crippen LogP contribution in [0, 0.1) is 0 Å². The molecule has 0 aromatic heterocycles. The van der Waals surface area contributed by atoms with Crippen LogP contribution in [-0.4, -0.2) is 58.8 Å². The Hall–Kier alpha value is -0.170. The highest BCUT2D eigenvalue weighted by atomic mass is 32.2. The molecule has 14 heavy (non-hydrogen) atoms. The lowest BCUT2D eigenvalue weighted by Crippen LogP contribution is -2.36. The molecule has 5 nitrogen and oxygen atoms in total. The molecule has 0 radical (unpaired) electrons. The van der Waals surface area contributed by atoms with Crippen molar-refractivity contribution in [1.29, 1.82) is 0 Å². The monoisotopic (exact) mass is 221 g/mol. The summed E-state index contributed by atoms with van der Waals surface area (Å²) in [7, 11) is -3.03. The Morgan fingerprint density at radius 2 is 2.14 bits per heavy atom. The van der Waals surface area contributed by atoms with Crippen molar-refractivity contribution in [2.75, 3.05) is 45.5 Å². The van der Waals surface area contributed by atoms with E-state index in [0.717, 1.165) is 39.1 Å². The minimum absolute atomic E-state index is 0.513. The normalized spacial score (nSPS) is 20.6. The number of sulfonamides is 1. The van der Waals surface area contributed by atoms with Crippen molar-refractivity contribution in [2.24, 2.45) is 0 Å². The largest absolute Gasteiger partial charge is 0.315 e. The van der Waals surface area contributed by atoms with Crippen LogP contribution in [0.15, 0.2) is 0 Å². The third kappa shape index (κ3) is 5.54. The first-order valence-electron chi connectivity index (χ1n) is 4.96. The van der Waals surface area contributed by atoms with Crippen LogP contribution in [0.25, 0.3) is 0 Å². The molecule has 0 aromatic rings. The SMILES string of the molecule is CS(=O)(=O)NCCN1CCCNCC1. The van der Waals surface area contributed by atoms with Gasteiger partial charge in [0.2, 0.25) is 10.0 Å². The Balaban J connectivity index is 2.16. The summed E-state index contributed by atoms with van der Waals surface area (Å²) in [6, 6.07) is 0. The van der Waals surface area contributed by atoms with Crippen molar-refractivity contribution in [3.63, 3.8) is 0 Å². The van der Waals surface area contributed by atoms with Gasteiger partial charge in [-0.1, -0.05) is 0 Å². The highest BCUT2D eigenvalue weighted by molar-refractivity contribution is 7.88. The van der Waals surface area contributed by atoms with Gasteiger partial charge in [0.25, 0.3) is 0 Å². The van der Waals surface area contributed by atoms with E-state index in [1.54, 1.807) is 0 Å². The quantitative estimate of drug-likeness (QED) is 0.628. The van der Waals surface area contributed by atoms with E-state index in [-0.39, 0.29) is 0 Å². The second-order valence-corrected chi connectivity index (χ2v) is 5.44. The van der Waals surface area contributed by atoms with Crippen molar-refractivity contribution in [3.8, 4) is 0 Å². The van der Waals surface area contributed by atoms with Gasteiger partial charge in [-0.25, -0.2) is 13.1 Å². The molecule has 1 fully saturated rings. The average molecular weight is 221 g/mol. The maximum Gasteiger partial charge on any atom is 0.208 e. The summed E-state index contributed by atoms with van der Waals surface area (Å²) in [4.78, 5) is 2.28. The molecule has 0 amide bonds. The van der Waals surface area contributed by atoms with Crippen molar-refractivity contribution in [2.45, 2.75) is 6.42 Å². The Bertz CT molecular complexity index is 245. The molecular formula is C8H19N3O2S. The van der Waals surface area contributed by atoms with Crippen molar-refractivity contribution < 1.29 is 8.42 Å². The van der Waals surface area contributed by atoms with Gasteiger partial charge in [-0.2, -0.15) is 0 Å². The molecule has 0 saturated carbocycles. The number of hydrogen-bond acceptors (Lipinski definition) is 4.